The van der Waals surface area contributed by atoms with E-state index in [4.69, 9.17) is 0 Å². The van der Waals surface area contributed by atoms with E-state index in [1.807, 2.05) is 0 Å². The van der Waals surface area contributed by atoms with Gasteiger partial charge >= 0.3 is 0 Å². The van der Waals surface area contributed by atoms with Gasteiger partial charge in [-0.05, 0) is 29.9 Å². The molecule has 1 aliphatic heterocycles. The highest BCUT2D eigenvalue weighted by atomic mass is 15.2. The Bertz CT molecular complexity index is 475. The summed E-state index contributed by atoms with van der Waals surface area (Å²) in [5.41, 5.74) is 3.50. The Labute approximate surface area is 123 Å². The van der Waals surface area contributed by atoms with Crippen molar-refractivity contribution in [1.29, 1.82) is 0 Å². The minimum Gasteiger partial charge on any atom is -0.311 e. The van der Waals surface area contributed by atoms with Crippen molar-refractivity contribution in [2.45, 2.75) is 52.1 Å². The maximum atomic E-state index is 3.66. The van der Waals surface area contributed by atoms with Crippen molar-refractivity contribution in [3.8, 4) is 0 Å². The Morgan fingerprint density at radius 1 is 1.25 bits per heavy atom. The largest absolute Gasteiger partial charge is 0.311 e. The van der Waals surface area contributed by atoms with Gasteiger partial charge in [0.15, 0.2) is 0 Å². The highest BCUT2D eigenvalue weighted by Gasteiger charge is 2.37. The SMILES string of the molecule is CC1CN(CC2Cc3ccccc32)C(C(C)(C)C)CN1. The van der Waals surface area contributed by atoms with Gasteiger partial charge in [-0.3, -0.25) is 4.90 Å². The van der Waals surface area contributed by atoms with E-state index in [-0.39, 0.29) is 0 Å². The molecular formula is C18H28N2. The lowest BCUT2D eigenvalue weighted by Crippen LogP contribution is -2.60. The summed E-state index contributed by atoms with van der Waals surface area (Å²) in [5.74, 6) is 0.751. The predicted octanol–water partition coefficient (Wildman–Crippen LogP) is 3.03. The molecule has 2 aliphatic rings. The number of rotatable bonds is 2. The van der Waals surface area contributed by atoms with Crippen LogP contribution in [0.1, 0.15) is 44.7 Å². The van der Waals surface area contributed by atoms with Gasteiger partial charge in [0.2, 0.25) is 0 Å². The van der Waals surface area contributed by atoms with E-state index in [2.05, 4.69) is 62.2 Å². The number of fused-ring (bicyclic) bond motifs is 1. The van der Waals surface area contributed by atoms with Gasteiger partial charge < -0.3 is 5.32 Å². The third-order valence-corrected chi connectivity index (χ3v) is 5.02. The van der Waals surface area contributed by atoms with Crippen LogP contribution in [0, 0.1) is 5.41 Å². The molecule has 1 heterocycles. The number of piperazine rings is 1. The summed E-state index contributed by atoms with van der Waals surface area (Å²) in [6, 6.07) is 10.2. The van der Waals surface area contributed by atoms with Crippen LogP contribution in [-0.2, 0) is 6.42 Å². The molecule has 0 bridgehead atoms. The molecule has 0 spiro atoms. The van der Waals surface area contributed by atoms with Crippen LogP contribution in [0.5, 0.6) is 0 Å². The van der Waals surface area contributed by atoms with Gasteiger partial charge in [-0.2, -0.15) is 0 Å². The van der Waals surface area contributed by atoms with Crippen LogP contribution in [0.2, 0.25) is 0 Å². The molecule has 0 radical (unpaired) electrons. The molecule has 110 valence electrons. The number of nitrogens with one attached hydrogen (secondary N) is 1. The van der Waals surface area contributed by atoms with Gasteiger partial charge in [-0.25, -0.2) is 0 Å². The molecule has 2 nitrogen and oxygen atoms in total. The van der Waals surface area contributed by atoms with Crippen LogP contribution >= 0.6 is 0 Å². The summed E-state index contributed by atoms with van der Waals surface area (Å²) in [6.45, 7) is 13.0. The van der Waals surface area contributed by atoms with E-state index < -0.39 is 0 Å². The van der Waals surface area contributed by atoms with Gasteiger partial charge in [0.25, 0.3) is 0 Å². The molecule has 20 heavy (non-hydrogen) atoms. The van der Waals surface area contributed by atoms with Crippen molar-refractivity contribution in [2.24, 2.45) is 5.41 Å². The first kappa shape index (κ1) is 14.1. The molecule has 0 amide bonds. The van der Waals surface area contributed by atoms with Crippen molar-refractivity contribution in [3.63, 3.8) is 0 Å². The van der Waals surface area contributed by atoms with E-state index in [0.29, 0.717) is 17.5 Å². The fourth-order valence-electron chi connectivity index (χ4n) is 3.85. The summed E-state index contributed by atoms with van der Waals surface area (Å²) in [4.78, 5) is 2.74. The quantitative estimate of drug-likeness (QED) is 0.890. The van der Waals surface area contributed by atoms with Crippen LogP contribution in [0.4, 0.5) is 0 Å². The zero-order chi connectivity index (χ0) is 14.3. The smallest absolute Gasteiger partial charge is 0.0270 e. The summed E-state index contributed by atoms with van der Waals surface area (Å²) >= 11 is 0. The highest BCUT2D eigenvalue weighted by Crippen LogP contribution is 2.37. The molecule has 1 aliphatic carbocycles. The van der Waals surface area contributed by atoms with Gasteiger partial charge in [0, 0.05) is 37.6 Å². The van der Waals surface area contributed by atoms with Gasteiger partial charge in [-0.1, -0.05) is 45.0 Å². The Hall–Kier alpha value is -0.860. The Balaban J connectivity index is 1.72. The maximum absolute atomic E-state index is 3.66. The van der Waals surface area contributed by atoms with Crippen LogP contribution in [0.25, 0.3) is 0 Å². The standard InChI is InChI=1S/C18H28N2/c1-13-11-20(17(10-19-13)18(2,3)4)12-15-9-14-7-5-6-8-16(14)15/h5-8,13,15,17,19H,9-12H2,1-4H3. The van der Waals surface area contributed by atoms with Crippen LogP contribution in [0.3, 0.4) is 0 Å². The lowest BCUT2D eigenvalue weighted by atomic mass is 9.76. The number of hydrogen-bond acceptors (Lipinski definition) is 2. The molecule has 1 fully saturated rings. The second-order valence-electron chi connectivity index (χ2n) is 7.74. The van der Waals surface area contributed by atoms with E-state index in [9.17, 15) is 0 Å². The fourth-order valence-corrected chi connectivity index (χ4v) is 3.85. The normalized spacial score (nSPS) is 30.7. The summed E-state index contributed by atoms with van der Waals surface area (Å²) < 4.78 is 0. The fraction of sp³-hybridized carbons (Fsp3) is 0.667. The van der Waals surface area contributed by atoms with Crippen molar-refractivity contribution >= 4 is 0 Å². The Morgan fingerprint density at radius 2 is 2.00 bits per heavy atom. The molecule has 3 rings (SSSR count). The zero-order valence-electron chi connectivity index (χ0n) is 13.3. The average molecular weight is 272 g/mol. The van der Waals surface area contributed by atoms with Gasteiger partial charge in [0.1, 0.15) is 0 Å². The summed E-state index contributed by atoms with van der Waals surface area (Å²) in [5, 5.41) is 3.66. The van der Waals surface area contributed by atoms with Crippen LogP contribution < -0.4 is 5.32 Å². The molecule has 1 N–H and O–H groups in total. The molecule has 1 saturated heterocycles. The molecule has 1 aromatic rings. The first-order chi connectivity index (χ1) is 9.45. The van der Waals surface area contributed by atoms with Crippen molar-refractivity contribution in [2.75, 3.05) is 19.6 Å². The van der Waals surface area contributed by atoms with Crippen LogP contribution in [0.15, 0.2) is 24.3 Å². The Kier molecular flexibility index (Phi) is 3.64. The second-order valence-corrected chi connectivity index (χ2v) is 7.74. The van der Waals surface area contributed by atoms with E-state index >= 15 is 0 Å². The minimum atomic E-state index is 0.344. The van der Waals surface area contributed by atoms with Crippen molar-refractivity contribution in [1.82, 2.24) is 10.2 Å². The number of nitrogens with zero attached hydrogens (tertiary/aromatic N) is 1. The summed E-state index contributed by atoms with van der Waals surface area (Å²) in [7, 11) is 0. The number of hydrogen-bond donors (Lipinski definition) is 1. The van der Waals surface area contributed by atoms with Crippen LogP contribution in [-0.4, -0.2) is 36.6 Å². The zero-order valence-corrected chi connectivity index (χ0v) is 13.3. The molecule has 0 saturated carbocycles. The first-order valence-corrected chi connectivity index (χ1v) is 8.00. The first-order valence-electron chi connectivity index (χ1n) is 8.00. The number of benzene rings is 1. The third-order valence-electron chi connectivity index (χ3n) is 5.02. The van der Waals surface area contributed by atoms with E-state index in [1.54, 1.807) is 11.1 Å². The molecule has 3 atom stereocenters. The van der Waals surface area contributed by atoms with Gasteiger partial charge in [0.05, 0.1) is 0 Å². The highest BCUT2D eigenvalue weighted by molar-refractivity contribution is 5.40. The average Bonchev–Trinajstić information content (AvgIpc) is 2.34. The monoisotopic (exact) mass is 272 g/mol. The predicted molar refractivity (Wildman–Crippen MR) is 85.2 cm³/mol. The molecule has 2 heteroatoms. The summed E-state index contributed by atoms with van der Waals surface area (Å²) in [6.07, 6.45) is 1.27. The lowest BCUT2D eigenvalue weighted by molar-refractivity contribution is 0.0518. The Morgan fingerprint density at radius 3 is 2.70 bits per heavy atom. The van der Waals surface area contributed by atoms with Crippen molar-refractivity contribution < 1.29 is 0 Å². The van der Waals surface area contributed by atoms with Gasteiger partial charge in [-0.15, -0.1) is 0 Å². The molecular weight excluding hydrogens is 244 g/mol. The molecule has 0 aromatic heterocycles. The topological polar surface area (TPSA) is 15.3 Å². The molecule has 3 unspecified atom stereocenters. The molecule has 1 aromatic carbocycles. The lowest BCUT2D eigenvalue weighted by Gasteiger charge is -2.48. The minimum absolute atomic E-state index is 0.344. The maximum Gasteiger partial charge on any atom is 0.0270 e. The van der Waals surface area contributed by atoms with Crippen molar-refractivity contribution in [3.05, 3.63) is 35.4 Å². The third kappa shape index (κ3) is 2.64. The van der Waals surface area contributed by atoms with E-state index in [0.717, 1.165) is 12.5 Å². The van der Waals surface area contributed by atoms with E-state index in [1.165, 1.54) is 19.5 Å². The second kappa shape index (κ2) is 5.16.